The molecule has 0 aliphatic carbocycles. The lowest BCUT2D eigenvalue weighted by Gasteiger charge is -2.36. The van der Waals surface area contributed by atoms with E-state index in [0.29, 0.717) is 27.8 Å². The summed E-state index contributed by atoms with van der Waals surface area (Å²) < 4.78 is 35.2. The summed E-state index contributed by atoms with van der Waals surface area (Å²) in [6.07, 6.45) is -1.13. The topological polar surface area (TPSA) is 147 Å². The van der Waals surface area contributed by atoms with Gasteiger partial charge in [-0.1, -0.05) is 29.8 Å². The van der Waals surface area contributed by atoms with Crippen LogP contribution in [0.5, 0.6) is 5.75 Å². The van der Waals surface area contributed by atoms with Crippen LogP contribution in [0.2, 0.25) is 5.02 Å². The monoisotopic (exact) mass is 572 g/mol. The highest BCUT2D eigenvalue weighted by Crippen LogP contribution is 2.36. The molecule has 39 heavy (non-hydrogen) atoms. The summed E-state index contributed by atoms with van der Waals surface area (Å²) in [5.41, 5.74) is 6.51. The molecule has 1 atom stereocenters. The van der Waals surface area contributed by atoms with Gasteiger partial charge in [0.1, 0.15) is 11.6 Å². The Labute approximate surface area is 232 Å². The number of carbonyl (C=O) groups is 1. The SMILES string of the molecule is COc1ccc(Cl)c(NC2=Nc3ccccc3N(OC)C2NS(=O)(=O)c2cccc(NC(=O)C(C)(C)N)c2)c1. The van der Waals surface area contributed by atoms with Crippen LogP contribution in [0.15, 0.2) is 76.6 Å². The molecule has 0 fully saturated rings. The van der Waals surface area contributed by atoms with Gasteiger partial charge < -0.3 is 21.1 Å². The number of nitrogens with two attached hydrogens (primary N) is 1. The van der Waals surface area contributed by atoms with E-state index in [1.54, 1.807) is 62.4 Å². The first-order valence-corrected chi connectivity index (χ1v) is 13.6. The number of hydrogen-bond acceptors (Lipinski definition) is 9. The van der Waals surface area contributed by atoms with E-state index in [0.717, 1.165) is 0 Å². The fourth-order valence-electron chi connectivity index (χ4n) is 3.70. The second-order valence-corrected chi connectivity index (χ2v) is 11.3. The van der Waals surface area contributed by atoms with Crippen molar-refractivity contribution in [2.45, 2.75) is 30.4 Å². The lowest BCUT2D eigenvalue weighted by molar-refractivity contribution is -0.120. The maximum absolute atomic E-state index is 13.6. The Balaban J connectivity index is 1.72. The molecule has 0 bridgehead atoms. The number of nitrogens with zero attached hydrogens (tertiary/aromatic N) is 2. The molecule has 5 N–H and O–H groups in total. The number of hydroxylamine groups is 1. The number of amides is 1. The number of nitrogens with one attached hydrogen (secondary N) is 3. The van der Waals surface area contributed by atoms with Crippen LogP contribution in [-0.2, 0) is 19.7 Å². The van der Waals surface area contributed by atoms with Gasteiger partial charge in [0.25, 0.3) is 0 Å². The smallest absolute Gasteiger partial charge is 0.243 e. The largest absolute Gasteiger partial charge is 0.497 e. The molecule has 0 aromatic heterocycles. The highest BCUT2D eigenvalue weighted by Gasteiger charge is 2.35. The highest BCUT2D eigenvalue weighted by atomic mass is 35.5. The number of rotatable bonds is 8. The number of benzene rings is 3. The molecule has 1 heterocycles. The molecule has 0 saturated carbocycles. The van der Waals surface area contributed by atoms with Crippen LogP contribution in [0.3, 0.4) is 0 Å². The van der Waals surface area contributed by atoms with Crippen LogP contribution in [0.1, 0.15) is 13.8 Å². The number of aliphatic imine (C=N–C) groups is 1. The number of carbonyl (C=O) groups excluding carboxylic acids is 1. The zero-order chi connectivity index (χ0) is 28.4. The molecule has 1 amide bonds. The van der Waals surface area contributed by atoms with Crippen molar-refractivity contribution >= 4 is 56.1 Å². The van der Waals surface area contributed by atoms with Gasteiger partial charge in [-0.2, -0.15) is 4.72 Å². The first-order chi connectivity index (χ1) is 18.4. The molecule has 4 rings (SSSR count). The normalized spacial score (nSPS) is 15.3. The first kappa shape index (κ1) is 28.3. The zero-order valence-electron chi connectivity index (χ0n) is 21.7. The second kappa shape index (κ2) is 11.2. The van der Waals surface area contributed by atoms with E-state index in [9.17, 15) is 13.2 Å². The number of para-hydroxylation sites is 2. The lowest BCUT2D eigenvalue weighted by atomic mass is 10.1. The third-order valence-electron chi connectivity index (χ3n) is 5.74. The van der Waals surface area contributed by atoms with Crippen LogP contribution >= 0.6 is 11.6 Å². The second-order valence-electron chi connectivity index (χ2n) is 9.19. The number of ether oxygens (including phenoxy) is 1. The fraction of sp³-hybridized carbons (Fsp3) is 0.231. The minimum absolute atomic E-state index is 0.0937. The molecule has 1 aliphatic heterocycles. The summed E-state index contributed by atoms with van der Waals surface area (Å²) in [5, 5.41) is 7.52. The highest BCUT2D eigenvalue weighted by molar-refractivity contribution is 7.89. The number of halogens is 1. The molecule has 0 spiro atoms. The summed E-state index contributed by atoms with van der Waals surface area (Å²) >= 11 is 6.41. The quantitative estimate of drug-likeness (QED) is 0.318. The van der Waals surface area contributed by atoms with Crippen LogP contribution < -0.4 is 30.9 Å². The average molecular weight is 573 g/mol. The Morgan fingerprint density at radius 3 is 2.51 bits per heavy atom. The number of amidine groups is 1. The van der Waals surface area contributed by atoms with Crippen LogP contribution in [-0.4, -0.2) is 46.1 Å². The fourth-order valence-corrected chi connectivity index (χ4v) is 5.05. The average Bonchev–Trinajstić information content (AvgIpc) is 2.89. The van der Waals surface area contributed by atoms with E-state index in [1.807, 2.05) is 0 Å². The van der Waals surface area contributed by atoms with Crippen molar-refractivity contribution < 1.29 is 22.8 Å². The Morgan fingerprint density at radius 2 is 1.82 bits per heavy atom. The van der Waals surface area contributed by atoms with Crippen molar-refractivity contribution in [2.24, 2.45) is 10.7 Å². The standard InChI is InChI=1S/C26H29ClN6O5S/c1-26(2,28)25(34)29-16-8-7-9-18(14-16)39(35,36)32-24-23(31-21-15-17(37-3)12-13-19(21)27)30-20-10-5-6-11-22(20)33(24)38-4/h5-15,24,32H,28H2,1-4H3,(H,29,34)(H,30,31). The van der Waals surface area contributed by atoms with Crippen LogP contribution in [0.25, 0.3) is 0 Å². The Hall–Kier alpha value is -3.68. The summed E-state index contributed by atoms with van der Waals surface area (Å²) in [5.74, 6) is 0.274. The minimum atomic E-state index is -4.18. The Kier molecular flexibility index (Phi) is 8.14. The summed E-state index contributed by atoms with van der Waals surface area (Å²) in [7, 11) is -1.24. The molecule has 3 aromatic carbocycles. The van der Waals surface area contributed by atoms with Gasteiger partial charge in [-0.05, 0) is 56.3 Å². The molecule has 1 unspecified atom stereocenters. The van der Waals surface area contributed by atoms with E-state index >= 15 is 0 Å². The van der Waals surface area contributed by atoms with Gasteiger partial charge >= 0.3 is 0 Å². The van der Waals surface area contributed by atoms with Gasteiger partial charge in [0.15, 0.2) is 6.17 Å². The molecule has 0 saturated heterocycles. The minimum Gasteiger partial charge on any atom is -0.497 e. The van der Waals surface area contributed by atoms with Crippen molar-refractivity contribution in [3.8, 4) is 5.75 Å². The first-order valence-electron chi connectivity index (χ1n) is 11.8. The van der Waals surface area contributed by atoms with Crippen molar-refractivity contribution in [2.75, 3.05) is 29.9 Å². The Morgan fingerprint density at radius 1 is 1.08 bits per heavy atom. The number of methoxy groups -OCH3 is 1. The zero-order valence-corrected chi connectivity index (χ0v) is 23.3. The lowest BCUT2D eigenvalue weighted by Crippen LogP contribution is -2.56. The summed E-state index contributed by atoms with van der Waals surface area (Å²) in [6, 6.07) is 18.0. The molecule has 3 aromatic rings. The predicted molar refractivity (Wildman–Crippen MR) is 152 cm³/mol. The van der Waals surface area contributed by atoms with Crippen molar-refractivity contribution in [1.82, 2.24) is 4.72 Å². The van der Waals surface area contributed by atoms with Crippen molar-refractivity contribution in [3.63, 3.8) is 0 Å². The molecule has 0 radical (unpaired) electrons. The Bertz CT molecular complexity index is 1520. The van der Waals surface area contributed by atoms with E-state index in [-0.39, 0.29) is 16.4 Å². The maximum atomic E-state index is 13.6. The summed E-state index contributed by atoms with van der Waals surface area (Å²) in [6.45, 7) is 3.10. The van der Waals surface area contributed by atoms with E-state index in [1.165, 1.54) is 37.5 Å². The van der Waals surface area contributed by atoms with Gasteiger partial charge in [0.05, 0.1) is 46.7 Å². The number of fused-ring (bicyclic) bond motifs is 1. The van der Waals surface area contributed by atoms with Gasteiger partial charge in [0, 0.05) is 11.8 Å². The van der Waals surface area contributed by atoms with E-state index < -0.39 is 27.6 Å². The van der Waals surface area contributed by atoms with Gasteiger partial charge in [-0.3, -0.25) is 9.63 Å². The predicted octanol–water partition coefficient (Wildman–Crippen LogP) is 3.85. The van der Waals surface area contributed by atoms with Gasteiger partial charge in [0.2, 0.25) is 15.9 Å². The third kappa shape index (κ3) is 6.32. The molecular formula is C26H29ClN6O5S. The van der Waals surface area contributed by atoms with Crippen LogP contribution in [0.4, 0.5) is 22.7 Å². The maximum Gasteiger partial charge on any atom is 0.243 e. The molecule has 206 valence electrons. The number of hydrogen-bond donors (Lipinski definition) is 4. The molecule has 13 heteroatoms. The molecule has 11 nitrogen and oxygen atoms in total. The number of sulfonamides is 1. The van der Waals surface area contributed by atoms with Gasteiger partial charge in [-0.25, -0.2) is 18.5 Å². The summed E-state index contributed by atoms with van der Waals surface area (Å²) in [4.78, 5) is 22.5. The van der Waals surface area contributed by atoms with Crippen molar-refractivity contribution in [1.29, 1.82) is 0 Å². The molecule has 1 aliphatic rings. The van der Waals surface area contributed by atoms with E-state index in [2.05, 4.69) is 20.3 Å². The van der Waals surface area contributed by atoms with Gasteiger partial charge in [-0.15, -0.1) is 0 Å². The van der Waals surface area contributed by atoms with Crippen LogP contribution in [0, 0.1) is 0 Å². The van der Waals surface area contributed by atoms with E-state index in [4.69, 9.17) is 26.9 Å². The number of anilines is 3. The molecular weight excluding hydrogens is 544 g/mol. The van der Waals surface area contributed by atoms with Crippen molar-refractivity contribution in [3.05, 3.63) is 71.8 Å². The third-order valence-corrected chi connectivity index (χ3v) is 7.48.